The normalized spacial score (nSPS) is 15.3. The fourth-order valence-electron chi connectivity index (χ4n) is 2.14. The van der Waals surface area contributed by atoms with Gasteiger partial charge < -0.3 is 10.1 Å². The maximum absolute atomic E-state index is 12.1. The highest BCUT2D eigenvalue weighted by Gasteiger charge is 2.26. The first-order valence-electron chi connectivity index (χ1n) is 7.25. The summed E-state index contributed by atoms with van der Waals surface area (Å²) >= 11 is 0. The number of nitrogens with zero attached hydrogens (tertiary/aromatic N) is 1. The summed E-state index contributed by atoms with van der Waals surface area (Å²) in [5.41, 5.74) is 2.81. The Morgan fingerprint density at radius 2 is 2.05 bits per heavy atom. The lowest BCUT2D eigenvalue weighted by Crippen LogP contribution is -2.18. The molecule has 0 saturated heterocycles. The monoisotopic (exact) mass is 302 g/mol. The van der Waals surface area contributed by atoms with Gasteiger partial charge in [0.05, 0.1) is 6.61 Å². The molecule has 3 nitrogen and oxygen atoms in total. The summed E-state index contributed by atoms with van der Waals surface area (Å²) in [6.07, 6.45) is -2.64. The molecule has 1 aliphatic rings. The van der Waals surface area contributed by atoms with E-state index in [0.717, 1.165) is 16.8 Å². The van der Waals surface area contributed by atoms with Gasteiger partial charge in [-0.15, -0.1) is 0 Å². The Morgan fingerprint density at radius 3 is 2.67 bits per heavy atom. The number of pyridine rings is 1. The lowest BCUT2D eigenvalue weighted by molar-refractivity contribution is -0.136. The number of hydrogen-bond donors (Lipinski definition) is 1. The zero-order chi connectivity index (χ0) is 15.5. The Labute approximate surface area is 122 Å². The summed E-state index contributed by atoms with van der Waals surface area (Å²) in [4.78, 5) is 4.32. The third-order valence-electron chi connectivity index (χ3n) is 3.43. The van der Waals surface area contributed by atoms with Crippen molar-refractivity contribution in [3.8, 4) is 5.88 Å². The number of hydrogen-bond acceptors (Lipinski definition) is 3. The van der Waals surface area contributed by atoms with Gasteiger partial charge in [0.2, 0.25) is 5.88 Å². The van der Waals surface area contributed by atoms with Gasteiger partial charge in [-0.2, -0.15) is 13.2 Å². The van der Waals surface area contributed by atoms with Gasteiger partial charge in [0.15, 0.2) is 0 Å². The summed E-state index contributed by atoms with van der Waals surface area (Å²) in [5, 5.41) is 3.39. The quantitative estimate of drug-likeness (QED) is 0.780. The molecule has 1 saturated carbocycles. The van der Waals surface area contributed by atoms with Gasteiger partial charge in [-0.3, -0.25) is 0 Å². The minimum atomic E-state index is -4.13. The van der Waals surface area contributed by atoms with Crippen molar-refractivity contribution in [2.45, 2.75) is 58.3 Å². The Hall–Kier alpha value is -1.30. The largest absolute Gasteiger partial charge is 0.477 e. The third kappa shape index (κ3) is 5.53. The number of aryl methyl sites for hydroxylation is 2. The highest BCUT2D eigenvalue weighted by molar-refractivity contribution is 5.36. The van der Waals surface area contributed by atoms with Crippen LogP contribution in [0, 0.1) is 13.8 Å². The number of ether oxygens (including phenoxy) is 1. The SMILES string of the molecule is Cc1cc(C)c(CNC2CC2)c(OCCCC(F)(F)F)n1. The van der Waals surface area contributed by atoms with Gasteiger partial charge in [-0.1, -0.05) is 0 Å². The van der Waals surface area contributed by atoms with E-state index >= 15 is 0 Å². The standard InChI is InChI=1S/C15H21F3N2O/c1-10-8-11(2)20-14(13(10)9-19-12-4-5-12)21-7-3-6-15(16,17)18/h8,12,19H,3-7,9H2,1-2H3. The predicted molar refractivity (Wildman–Crippen MR) is 74.4 cm³/mol. The second kappa shape index (κ2) is 6.64. The Morgan fingerprint density at radius 1 is 1.33 bits per heavy atom. The van der Waals surface area contributed by atoms with E-state index in [0.29, 0.717) is 18.5 Å². The van der Waals surface area contributed by atoms with E-state index < -0.39 is 12.6 Å². The van der Waals surface area contributed by atoms with Gasteiger partial charge in [0.25, 0.3) is 0 Å². The second-order valence-electron chi connectivity index (χ2n) is 5.59. The van der Waals surface area contributed by atoms with Crippen molar-refractivity contribution < 1.29 is 17.9 Å². The zero-order valence-electron chi connectivity index (χ0n) is 12.4. The average Bonchev–Trinajstić information content (AvgIpc) is 3.16. The smallest absolute Gasteiger partial charge is 0.389 e. The van der Waals surface area contributed by atoms with Gasteiger partial charge >= 0.3 is 6.18 Å². The first-order valence-corrected chi connectivity index (χ1v) is 7.25. The van der Waals surface area contributed by atoms with Crippen molar-refractivity contribution in [1.82, 2.24) is 10.3 Å². The van der Waals surface area contributed by atoms with Gasteiger partial charge in [-0.05, 0) is 44.7 Å². The van der Waals surface area contributed by atoms with E-state index in [4.69, 9.17) is 4.74 Å². The molecule has 0 unspecified atom stereocenters. The van der Waals surface area contributed by atoms with Crippen molar-refractivity contribution in [2.24, 2.45) is 0 Å². The van der Waals surface area contributed by atoms with Crippen LogP contribution in [0.5, 0.6) is 5.88 Å². The van der Waals surface area contributed by atoms with Crippen LogP contribution in [-0.2, 0) is 6.54 Å². The molecule has 1 aromatic heterocycles. The van der Waals surface area contributed by atoms with Crippen LogP contribution in [0.4, 0.5) is 13.2 Å². The summed E-state index contributed by atoms with van der Waals surface area (Å²) in [6.45, 7) is 4.51. The van der Waals surface area contributed by atoms with E-state index in [9.17, 15) is 13.2 Å². The molecule has 118 valence electrons. The molecular formula is C15H21F3N2O. The molecule has 0 aromatic carbocycles. The van der Waals surface area contributed by atoms with E-state index in [2.05, 4.69) is 10.3 Å². The van der Waals surface area contributed by atoms with Crippen LogP contribution in [0.1, 0.15) is 42.5 Å². The minimum Gasteiger partial charge on any atom is -0.477 e. The lowest BCUT2D eigenvalue weighted by Gasteiger charge is -2.15. The summed E-state index contributed by atoms with van der Waals surface area (Å²) in [7, 11) is 0. The first-order chi connectivity index (χ1) is 9.85. The van der Waals surface area contributed by atoms with Gasteiger partial charge in [0.1, 0.15) is 0 Å². The van der Waals surface area contributed by atoms with Crippen LogP contribution in [-0.4, -0.2) is 23.8 Å². The topological polar surface area (TPSA) is 34.1 Å². The zero-order valence-corrected chi connectivity index (χ0v) is 12.4. The van der Waals surface area contributed by atoms with E-state index in [1.807, 2.05) is 19.9 Å². The van der Waals surface area contributed by atoms with Crippen molar-refractivity contribution >= 4 is 0 Å². The number of aromatic nitrogens is 1. The Balaban J connectivity index is 1.95. The fourth-order valence-corrected chi connectivity index (χ4v) is 2.14. The minimum absolute atomic E-state index is 0.0336. The van der Waals surface area contributed by atoms with Crippen molar-refractivity contribution in [1.29, 1.82) is 0 Å². The maximum Gasteiger partial charge on any atom is 0.389 e. The first kappa shape index (κ1) is 16.1. The van der Waals surface area contributed by atoms with Gasteiger partial charge in [0, 0.05) is 30.3 Å². The van der Waals surface area contributed by atoms with Crippen LogP contribution >= 0.6 is 0 Å². The highest BCUT2D eigenvalue weighted by atomic mass is 19.4. The molecule has 21 heavy (non-hydrogen) atoms. The number of alkyl halides is 3. The van der Waals surface area contributed by atoms with Crippen LogP contribution in [0.2, 0.25) is 0 Å². The van der Waals surface area contributed by atoms with E-state index in [1.54, 1.807) is 0 Å². The molecule has 2 rings (SSSR count). The summed E-state index contributed by atoms with van der Waals surface area (Å²) in [6, 6.07) is 2.52. The van der Waals surface area contributed by atoms with E-state index in [1.165, 1.54) is 12.8 Å². The second-order valence-corrected chi connectivity index (χ2v) is 5.59. The highest BCUT2D eigenvalue weighted by Crippen LogP contribution is 2.25. The van der Waals surface area contributed by atoms with Crippen LogP contribution in [0.25, 0.3) is 0 Å². The predicted octanol–water partition coefficient (Wildman–Crippen LogP) is 3.67. The molecule has 1 heterocycles. The maximum atomic E-state index is 12.1. The summed E-state index contributed by atoms with van der Waals surface area (Å²) in [5.74, 6) is 0.461. The van der Waals surface area contributed by atoms with Crippen molar-refractivity contribution in [3.05, 3.63) is 22.9 Å². The molecular weight excluding hydrogens is 281 g/mol. The Kier molecular flexibility index (Phi) is 5.08. The third-order valence-corrected chi connectivity index (χ3v) is 3.43. The molecule has 0 spiro atoms. The molecule has 6 heteroatoms. The molecule has 0 aliphatic heterocycles. The average molecular weight is 302 g/mol. The summed E-state index contributed by atoms with van der Waals surface area (Å²) < 4.78 is 41.9. The molecule has 1 aromatic rings. The van der Waals surface area contributed by atoms with Crippen molar-refractivity contribution in [3.63, 3.8) is 0 Å². The van der Waals surface area contributed by atoms with Gasteiger partial charge in [-0.25, -0.2) is 4.98 Å². The van der Waals surface area contributed by atoms with Crippen molar-refractivity contribution in [2.75, 3.05) is 6.61 Å². The number of rotatable bonds is 7. The molecule has 0 amide bonds. The molecule has 1 N–H and O–H groups in total. The molecule has 0 radical (unpaired) electrons. The molecule has 1 fully saturated rings. The molecule has 1 aliphatic carbocycles. The fraction of sp³-hybridized carbons (Fsp3) is 0.667. The van der Waals surface area contributed by atoms with E-state index in [-0.39, 0.29) is 13.0 Å². The number of halogens is 3. The number of nitrogens with one attached hydrogen (secondary N) is 1. The van der Waals surface area contributed by atoms with Crippen LogP contribution < -0.4 is 10.1 Å². The van der Waals surface area contributed by atoms with Crippen LogP contribution in [0.15, 0.2) is 6.07 Å². The molecule has 0 atom stereocenters. The lowest BCUT2D eigenvalue weighted by atomic mass is 10.1. The molecule has 0 bridgehead atoms. The Bertz CT molecular complexity index is 485. The van der Waals surface area contributed by atoms with Crippen LogP contribution in [0.3, 0.4) is 0 Å².